The van der Waals surface area contributed by atoms with Gasteiger partial charge in [-0.05, 0) is 36.8 Å². The van der Waals surface area contributed by atoms with E-state index in [2.05, 4.69) is 31.9 Å². The van der Waals surface area contributed by atoms with Crippen molar-refractivity contribution >= 4 is 37.6 Å². The van der Waals surface area contributed by atoms with Crippen LogP contribution < -0.4 is 0 Å². The first-order valence-electron chi connectivity index (χ1n) is 5.35. The summed E-state index contributed by atoms with van der Waals surface area (Å²) in [5, 5.41) is 0. The maximum absolute atomic E-state index is 13.9. The first kappa shape index (κ1) is 14.3. The topological polar surface area (TPSA) is 17.1 Å². The van der Waals surface area contributed by atoms with Crippen LogP contribution in [0.4, 0.5) is 8.78 Å². The number of carbonyl (C=O) groups excluding carboxylic acids is 1. The molecule has 0 aromatic heterocycles. The zero-order chi connectivity index (χ0) is 14.2. The van der Waals surface area contributed by atoms with E-state index < -0.39 is 23.0 Å². The fraction of sp³-hybridized carbons (Fsp3) is 0.0714. The molecule has 5 heteroatoms. The predicted molar refractivity (Wildman–Crippen MR) is 76.4 cm³/mol. The van der Waals surface area contributed by atoms with Gasteiger partial charge in [-0.2, -0.15) is 0 Å². The molecule has 0 aliphatic carbocycles. The maximum Gasteiger partial charge on any atom is 0.199 e. The molecule has 0 saturated carbocycles. The van der Waals surface area contributed by atoms with E-state index in [0.29, 0.717) is 8.95 Å². The van der Waals surface area contributed by atoms with E-state index in [1.807, 2.05) is 0 Å². The number of hydrogen-bond acceptors (Lipinski definition) is 1. The van der Waals surface area contributed by atoms with Crippen molar-refractivity contribution in [1.82, 2.24) is 0 Å². The van der Waals surface area contributed by atoms with Crippen molar-refractivity contribution in [2.75, 3.05) is 0 Å². The fourth-order valence-corrected chi connectivity index (χ4v) is 2.99. The molecular formula is C14H8Br2F2O. The second-order valence-electron chi connectivity index (χ2n) is 4.04. The molecule has 0 atom stereocenters. The lowest BCUT2D eigenvalue weighted by molar-refractivity contribution is 0.103. The van der Waals surface area contributed by atoms with E-state index in [0.717, 1.165) is 6.07 Å². The SMILES string of the molecule is Cc1ccc(F)c(C(=O)c2cc(Br)cc(Br)c2)c1F. The third-order valence-electron chi connectivity index (χ3n) is 2.64. The van der Waals surface area contributed by atoms with Crippen molar-refractivity contribution in [3.63, 3.8) is 0 Å². The lowest BCUT2D eigenvalue weighted by Gasteiger charge is -2.07. The molecule has 0 N–H and O–H groups in total. The molecule has 0 unspecified atom stereocenters. The predicted octanol–water partition coefficient (Wildman–Crippen LogP) is 5.03. The summed E-state index contributed by atoms with van der Waals surface area (Å²) in [6.45, 7) is 1.49. The molecule has 19 heavy (non-hydrogen) atoms. The number of ketones is 1. The maximum atomic E-state index is 13.9. The summed E-state index contributed by atoms with van der Waals surface area (Å²) in [6.07, 6.45) is 0. The normalized spacial score (nSPS) is 10.6. The van der Waals surface area contributed by atoms with Crippen molar-refractivity contribution in [1.29, 1.82) is 0 Å². The summed E-state index contributed by atoms with van der Waals surface area (Å²) in [5.41, 5.74) is -0.0755. The summed E-state index contributed by atoms with van der Waals surface area (Å²) in [7, 11) is 0. The molecule has 0 spiro atoms. The van der Waals surface area contributed by atoms with Crippen LogP contribution in [0.2, 0.25) is 0 Å². The van der Waals surface area contributed by atoms with E-state index in [9.17, 15) is 13.6 Å². The Kier molecular flexibility index (Phi) is 4.16. The van der Waals surface area contributed by atoms with Crippen molar-refractivity contribution < 1.29 is 13.6 Å². The van der Waals surface area contributed by atoms with Crippen LogP contribution in [0.1, 0.15) is 21.5 Å². The smallest absolute Gasteiger partial charge is 0.199 e. The van der Waals surface area contributed by atoms with E-state index in [1.54, 1.807) is 6.07 Å². The summed E-state index contributed by atoms with van der Waals surface area (Å²) in [6, 6.07) is 7.18. The van der Waals surface area contributed by atoms with Crippen LogP contribution in [-0.2, 0) is 0 Å². The minimum Gasteiger partial charge on any atom is -0.288 e. The van der Waals surface area contributed by atoms with Crippen molar-refractivity contribution in [2.45, 2.75) is 6.92 Å². The second kappa shape index (κ2) is 5.51. The molecule has 98 valence electrons. The van der Waals surface area contributed by atoms with Gasteiger partial charge in [0.2, 0.25) is 0 Å². The molecule has 1 nitrogen and oxygen atoms in total. The monoisotopic (exact) mass is 388 g/mol. The molecule has 0 amide bonds. The van der Waals surface area contributed by atoms with Crippen molar-refractivity contribution in [3.8, 4) is 0 Å². The third-order valence-corrected chi connectivity index (χ3v) is 3.55. The van der Waals surface area contributed by atoms with E-state index in [4.69, 9.17) is 0 Å². The zero-order valence-corrected chi connectivity index (χ0v) is 13.0. The third kappa shape index (κ3) is 2.92. The average molecular weight is 390 g/mol. The van der Waals surface area contributed by atoms with E-state index >= 15 is 0 Å². The molecule has 0 aliphatic heterocycles. The Morgan fingerprint density at radius 3 is 2.21 bits per heavy atom. The standard InChI is InChI=1S/C14H8Br2F2O/c1-7-2-3-11(17)12(13(7)18)14(19)8-4-9(15)6-10(16)5-8/h2-6H,1H3. The summed E-state index contributed by atoms with van der Waals surface area (Å²) >= 11 is 6.47. The van der Waals surface area contributed by atoms with Gasteiger partial charge >= 0.3 is 0 Å². The van der Waals surface area contributed by atoms with Gasteiger partial charge in [0.1, 0.15) is 11.6 Å². The van der Waals surface area contributed by atoms with Gasteiger partial charge in [0.05, 0.1) is 5.56 Å². The van der Waals surface area contributed by atoms with Gasteiger partial charge in [-0.1, -0.05) is 37.9 Å². The highest BCUT2D eigenvalue weighted by molar-refractivity contribution is 9.11. The Labute approximate surface area is 125 Å². The van der Waals surface area contributed by atoms with Gasteiger partial charge in [-0.15, -0.1) is 0 Å². The molecule has 0 radical (unpaired) electrons. The molecule has 2 rings (SSSR count). The summed E-state index contributed by atoms with van der Waals surface area (Å²) in [5.74, 6) is -2.36. The summed E-state index contributed by atoms with van der Waals surface area (Å²) in [4.78, 5) is 12.2. The van der Waals surface area contributed by atoms with E-state index in [-0.39, 0.29) is 11.1 Å². The minimum atomic E-state index is -0.857. The Hall–Kier alpha value is -1.07. The quantitative estimate of drug-likeness (QED) is 0.658. The highest BCUT2D eigenvalue weighted by Crippen LogP contribution is 2.25. The lowest BCUT2D eigenvalue weighted by Crippen LogP contribution is -2.09. The van der Waals surface area contributed by atoms with Gasteiger partial charge in [0.15, 0.2) is 5.78 Å². The molecule has 2 aromatic rings. The largest absolute Gasteiger partial charge is 0.288 e. The average Bonchev–Trinajstić information content (AvgIpc) is 2.33. The van der Waals surface area contributed by atoms with Crippen LogP contribution in [0, 0.1) is 18.6 Å². The second-order valence-corrected chi connectivity index (χ2v) is 5.87. The van der Waals surface area contributed by atoms with Crippen LogP contribution in [0.25, 0.3) is 0 Å². The molecule has 0 bridgehead atoms. The highest BCUT2D eigenvalue weighted by atomic mass is 79.9. The Morgan fingerprint density at radius 2 is 1.63 bits per heavy atom. The number of carbonyl (C=O) groups is 1. The van der Waals surface area contributed by atoms with Gasteiger partial charge in [-0.3, -0.25) is 4.79 Å². The molecule has 0 saturated heterocycles. The zero-order valence-electron chi connectivity index (χ0n) is 9.81. The Bertz CT molecular complexity index is 648. The van der Waals surface area contributed by atoms with Gasteiger partial charge < -0.3 is 0 Å². The van der Waals surface area contributed by atoms with Gasteiger partial charge in [0.25, 0.3) is 0 Å². The van der Waals surface area contributed by atoms with Crippen LogP contribution >= 0.6 is 31.9 Å². The number of benzene rings is 2. The number of aryl methyl sites for hydroxylation is 1. The number of hydrogen-bond donors (Lipinski definition) is 0. The molecule has 0 fully saturated rings. The van der Waals surface area contributed by atoms with E-state index in [1.165, 1.54) is 25.1 Å². The Morgan fingerprint density at radius 1 is 1.05 bits per heavy atom. The highest BCUT2D eigenvalue weighted by Gasteiger charge is 2.21. The van der Waals surface area contributed by atoms with Crippen LogP contribution in [0.15, 0.2) is 39.3 Å². The molecule has 0 aliphatic rings. The van der Waals surface area contributed by atoms with Crippen LogP contribution in [-0.4, -0.2) is 5.78 Å². The van der Waals surface area contributed by atoms with Crippen LogP contribution in [0.5, 0.6) is 0 Å². The van der Waals surface area contributed by atoms with Crippen LogP contribution in [0.3, 0.4) is 0 Å². The fourth-order valence-electron chi connectivity index (χ4n) is 1.69. The van der Waals surface area contributed by atoms with Gasteiger partial charge in [-0.25, -0.2) is 8.78 Å². The summed E-state index contributed by atoms with van der Waals surface area (Å²) < 4.78 is 28.9. The number of rotatable bonds is 2. The first-order chi connectivity index (χ1) is 8.90. The van der Waals surface area contributed by atoms with Gasteiger partial charge in [0, 0.05) is 14.5 Å². The first-order valence-corrected chi connectivity index (χ1v) is 6.94. The molecule has 0 heterocycles. The minimum absolute atomic E-state index is 0.213. The molecular weight excluding hydrogens is 382 g/mol. The lowest BCUT2D eigenvalue weighted by atomic mass is 10.0. The van der Waals surface area contributed by atoms with Crippen molar-refractivity contribution in [3.05, 3.63) is 67.6 Å². The Balaban J connectivity index is 2.59. The number of halogens is 4. The molecule has 2 aromatic carbocycles. The van der Waals surface area contributed by atoms with Crippen molar-refractivity contribution in [2.24, 2.45) is 0 Å².